The molecule has 124 valence electrons. The van der Waals surface area contributed by atoms with Crippen LogP contribution in [0.1, 0.15) is 18.1 Å². The van der Waals surface area contributed by atoms with E-state index in [0.29, 0.717) is 5.69 Å². The molecule has 6 nitrogen and oxygen atoms in total. The SMILES string of the molecule is CCc1ccccc1NC(=O)C(=O)N/N=C/c1ccc(OC)cc1. The zero-order valence-electron chi connectivity index (χ0n) is 13.6. The fourth-order valence-corrected chi connectivity index (χ4v) is 2.04. The van der Waals surface area contributed by atoms with E-state index in [0.717, 1.165) is 23.3 Å². The number of ether oxygens (including phenoxy) is 1. The Morgan fingerprint density at radius 3 is 2.46 bits per heavy atom. The van der Waals surface area contributed by atoms with Gasteiger partial charge in [0.05, 0.1) is 13.3 Å². The van der Waals surface area contributed by atoms with Crippen molar-refractivity contribution in [1.82, 2.24) is 5.43 Å². The van der Waals surface area contributed by atoms with Crippen molar-refractivity contribution >= 4 is 23.7 Å². The van der Waals surface area contributed by atoms with Crippen LogP contribution in [0, 0.1) is 0 Å². The van der Waals surface area contributed by atoms with Gasteiger partial charge in [0.2, 0.25) is 0 Å². The first kappa shape index (κ1) is 17.2. The molecule has 2 aromatic carbocycles. The molecule has 0 aliphatic rings. The number of anilines is 1. The quantitative estimate of drug-likeness (QED) is 0.503. The zero-order chi connectivity index (χ0) is 17.4. The van der Waals surface area contributed by atoms with Crippen LogP contribution in [-0.4, -0.2) is 25.1 Å². The first-order chi connectivity index (χ1) is 11.6. The van der Waals surface area contributed by atoms with Crippen molar-refractivity contribution in [2.45, 2.75) is 13.3 Å². The molecular weight excluding hydrogens is 306 g/mol. The number of hydrogen-bond donors (Lipinski definition) is 2. The number of nitrogens with zero attached hydrogens (tertiary/aromatic N) is 1. The van der Waals surface area contributed by atoms with Crippen LogP contribution < -0.4 is 15.5 Å². The van der Waals surface area contributed by atoms with Crippen LogP contribution >= 0.6 is 0 Å². The third-order valence-corrected chi connectivity index (χ3v) is 3.35. The third kappa shape index (κ3) is 4.67. The Balaban J connectivity index is 1.91. The first-order valence-electron chi connectivity index (χ1n) is 7.50. The van der Waals surface area contributed by atoms with Crippen LogP contribution in [0.25, 0.3) is 0 Å². The van der Waals surface area contributed by atoms with Gasteiger partial charge >= 0.3 is 11.8 Å². The van der Waals surface area contributed by atoms with Gasteiger partial charge in [-0.3, -0.25) is 9.59 Å². The second-order valence-corrected chi connectivity index (χ2v) is 4.94. The maximum atomic E-state index is 11.9. The smallest absolute Gasteiger partial charge is 0.329 e. The molecule has 6 heteroatoms. The van der Waals surface area contributed by atoms with Gasteiger partial charge in [-0.05, 0) is 47.9 Å². The lowest BCUT2D eigenvalue weighted by atomic mass is 10.1. The largest absolute Gasteiger partial charge is 0.497 e. The van der Waals surface area contributed by atoms with Gasteiger partial charge < -0.3 is 10.1 Å². The molecular formula is C18H19N3O3. The van der Waals surface area contributed by atoms with Crippen molar-refractivity contribution in [1.29, 1.82) is 0 Å². The van der Waals surface area contributed by atoms with Gasteiger partial charge in [-0.15, -0.1) is 0 Å². The van der Waals surface area contributed by atoms with Crippen LogP contribution in [-0.2, 0) is 16.0 Å². The summed E-state index contributed by atoms with van der Waals surface area (Å²) < 4.78 is 5.05. The molecule has 2 rings (SSSR count). The molecule has 0 heterocycles. The molecule has 0 atom stereocenters. The highest BCUT2D eigenvalue weighted by atomic mass is 16.5. The van der Waals surface area contributed by atoms with Gasteiger partial charge in [0, 0.05) is 5.69 Å². The minimum atomic E-state index is -0.828. The van der Waals surface area contributed by atoms with Crippen molar-refractivity contribution in [3.05, 3.63) is 59.7 Å². The fourth-order valence-electron chi connectivity index (χ4n) is 2.04. The van der Waals surface area contributed by atoms with Gasteiger partial charge in [-0.25, -0.2) is 5.43 Å². The number of hydrogen-bond acceptors (Lipinski definition) is 4. The van der Waals surface area contributed by atoms with E-state index in [9.17, 15) is 9.59 Å². The molecule has 0 aromatic heterocycles. The van der Waals surface area contributed by atoms with E-state index >= 15 is 0 Å². The van der Waals surface area contributed by atoms with Gasteiger partial charge in [-0.1, -0.05) is 25.1 Å². The van der Waals surface area contributed by atoms with E-state index in [1.807, 2.05) is 19.1 Å². The third-order valence-electron chi connectivity index (χ3n) is 3.35. The van der Waals surface area contributed by atoms with Crippen LogP contribution in [0.2, 0.25) is 0 Å². The maximum Gasteiger partial charge on any atom is 0.329 e. The normalized spacial score (nSPS) is 10.4. The molecule has 0 saturated heterocycles. The summed E-state index contributed by atoms with van der Waals surface area (Å²) in [6.45, 7) is 1.98. The van der Waals surface area contributed by atoms with Crippen LogP contribution in [0.3, 0.4) is 0 Å². The molecule has 2 amide bonds. The van der Waals surface area contributed by atoms with E-state index < -0.39 is 11.8 Å². The Kier molecular flexibility index (Phi) is 6.08. The highest BCUT2D eigenvalue weighted by molar-refractivity contribution is 6.39. The fraction of sp³-hybridized carbons (Fsp3) is 0.167. The Morgan fingerprint density at radius 2 is 1.79 bits per heavy atom. The number of aryl methyl sites for hydroxylation is 1. The number of benzene rings is 2. The summed E-state index contributed by atoms with van der Waals surface area (Å²) in [5.41, 5.74) is 4.56. The molecule has 2 N–H and O–H groups in total. The van der Waals surface area contributed by atoms with Crippen LogP contribution in [0.15, 0.2) is 53.6 Å². The Bertz CT molecular complexity index is 739. The summed E-state index contributed by atoms with van der Waals surface area (Å²) in [5.74, 6) is -0.862. The molecule has 24 heavy (non-hydrogen) atoms. The Hall–Kier alpha value is -3.15. The van der Waals surface area contributed by atoms with Crippen molar-refractivity contribution in [2.75, 3.05) is 12.4 Å². The predicted octanol–water partition coefficient (Wildman–Crippen LogP) is 2.35. The van der Waals surface area contributed by atoms with E-state index in [1.165, 1.54) is 6.21 Å². The molecule has 0 aliphatic carbocycles. The average molecular weight is 325 g/mol. The van der Waals surface area contributed by atoms with E-state index in [-0.39, 0.29) is 0 Å². The topological polar surface area (TPSA) is 79.8 Å². The predicted molar refractivity (Wildman–Crippen MR) is 93.2 cm³/mol. The Morgan fingerprint density at radius 1 is 1.08 bits per heavy atom. The van der Waals surface area contributed by atoms with Crippen molar-refractivity contribution < 1.29 is 14.3 Å². The molecule has 0 saturated carbocycles. The van der Waals surface area contributed by atoms with Gasteiger partial charge in [0.25, 0.3) is 0 Å². The van der Waals surface area contributed by atoms with Crippen molar-refractivity contribution in [3.63, 3.8) is 0 Å². The number of amides is 2. The Labute approximate surface area is 140 Å². The number of rotatable bonds is 5. The molecule has 2 aromatic rings. The van der Waals surface area contributed by atoms with Crippen LogP contribution in [0.5, 0.6) is 5.75 Å². The standard InChI is InChI=1S/C18H19N3O3/c1-3-14-6-4-5-7-16(14)20-17(22)18(23)21-19-12-13-8-10-15(24-2)11-9-13/h4-12H,3H2,1-2H3,(H,20,22)(H,21,23)/b19-12+. The molecule has 0 bridgehead atoms. The lowest BCUT2D eigenvalue weighted by Gasteiger charge is -2.08. The summed E-state index contributed by atoms with van der Waals surface area (Å²) in [5, 5.41) is 6.36. The number of carbonyl (C=O) groups is 2. The molecule has 0 aliphatic heterocycles. The highest BCUT2D eigenvalue weighted by Crippen LogP contribution is 2.15. The summed E-state index contributed by atoms with van der Waals surface area (Å²) in [7, 11) is 1.58. The molecule has 0 fully saturated rings. The van der Waals surface area contributed by atoms with E-state index in [1.54, 1.807) is 43.5 Å². The average Bonchev–Trinajstić information content (AvgIpc) is 2.62. The number of methoxy groups -OCH3 is 1. The van der Waals surface area contributed by atoms with Gasteiger partial charge in [0.15, 0.2) is 0 Å². The lowest BCUT2D eigenvalue weighted by Crippen LogP contribution is -2.32. The van der Waals surface area contributed by atoms with Crippen molar-refractivity contribution in [3.8, 4) is 5.75 Å². The minimum absolute atomic E-state index is 0.624. The van der Waals surface area contributed by atoms with E-state index in [2.05, 4.69) is 15.8 Å². The monoisotopic (exact) mass is 325 g/mol. The maximum absolute atomic E-state index is 11.9. The van der Waals surface area contributed by atoms with Gasteiger partial charge in [-0.2, -0.15) is 5.10 Å². The number of nitrogens with one attached hydrogen (secondary N) is 2. The minimum Gasteiger partial charge on any atom is -0.497 e. The van der Waals surface area contributed by atoms with E-state index in [4.69, 9.17) is 4.74 Å². The van der Waals surface area contributed by atoms with Crippen molar-refractivity contribution in [2.24, 2.45) is 5.10 Å². The zero-order valence-corrected chi connectivity index (χ0v) is 13.6. The number of hydrazone groups is 1. The number of carbonyl (C=O) groups excluding carboxylic acids is 2. The summed E-state index contributed by atoms with van der Waals surface area (Å²) in [6, 6.07) is 14.5. The highest BCUT2D eigenvalue weighted by Gasteiger charge is 2.14. The molecule has 0 radical (unpaired) electrons. The second-order valence-electron chi connectivity index (χ2n) is 4.94. The summed E-state index contributed by atoms with van der Waals surface area (Å²) >= 11 is 0. The molecule has 0 spiro atoms. The lowest BCUT2D eigenvalue weighted by molar-refractivity contribution is -0.136. The molecule has 0 unspecified atom stereocenters. The van der Waals surface area contributed by atoms with Crippen LogP contribution in [0.4, 0.5) is 5.69 Å². The number of para-hydroxylation sites is 1. The summed E-state index contributed by atoms with van der Waals surface area (Å²) in [6.07, 6.45) is 2.21. The summed E-state index contributed by atoms with van der Waals surface area (Å²) in [4.78, 5) is 23.7. The second kappa shape index (κ2) is 8.47. The van der Waals surface area contributed by atoms with Gasteiger partial charge in [0.1, 0.15) is 5.75 Å². The first-order valence-corrected chi connectivity index (χ1v) is 7.50.